The molecule has 0 fully saturated rings. The van der Waals surface area contributed by atoms with Crippen LogP contribution in [0.1, 0.15) is 65.5 Å². The largest absolute Gasteiger partial charge is 0.469 e. The van der Waals surface area contributed by atoms with Crippen LogP contribution in [0.25, 0.3) is 0 Å². The maximum absolute atomic E-state index is 11.3. The summed E-state index contributed by atoms with van der Waals surface area (Å²) in [6, 6.07) is 8.54. The third kappa shape index (κ3) is 5.95. The quantitative estimate of drug-likeness (QED) is 0.354. The minimum Gasteiger partial charge on any atom is -0.469 e. The molecule has 0 aliphatic rings. The summed E-state index contributed by atoms with van der Waals surface area (Å²) in [7, 11) is -0.359. The van der Waals surface area contributed by atoms with E-state index in [1.807, 2.05) is 0 Å². The fraction of sp³-hybridized carbons (Fsp3) is 0.682. The van der Waals surface area contributed by atoms with E-state index in [-0.39, 0.29) is 5.97 Å². The van der Waals surface area contributed by atoms with Gasteiger partial charge in [0.15, 0.2) is 8.32 Å². The van der Waals surface area contributed by atoms with Crippen molar-refractivity contribution in [2.24, 2.45) is 0 Å². The first-order chi connectivity index (χ1) is 12.3. The van der Waals surface area contributed by atoms with E-state index in [1.54, 1.807) is 0 Å². The molecule has 3 nitrogen and oxygen atoms in total. The molecule has 1 aromatic carbocycles. The highest BCUT2D eigenvalue weighted by Gasteiger charge is 2.44. The van der Waals surface area contributed by atoms with Crippen molar-refractivity contribution in [3.8, 4) is 0 Å². The van der Waals surface area contributed by atoms with Gasteiger partial charge in [-0.05, 0) is 47.0 Å². The molecule has 0 radical (unpaired) electrons. The van der Waals surface area contributed by atoms with Gasteiger partial charge in [-0.1, -0.05) is 65.8 Å². The van der Waals surface area contributed by atoms with Crippen LogP contribution in [0.4, 0.5) is 0 Å². The lowest BCUT2D eigenvalue weighted by atomic mass is 10.00. The lowest BCUT2D eigenvalue weighted by Gasteiger charge is -2.42. The Bertz CT molecular complexity index is 530. The van der Waals surface area contributed by atoms with E-state index in [4.69, 9.17) is 9.16 Å². The zero-order chi connectivity index (χ0) is 19.7. The summed E-state index contributed by atoms with van der Waals surface area (Å²) in [5, 5.41) is 0. The molecule has 0 unspecified atom stereocenters. The Hall–Kier alpha value is -1.13. The van der Waals surface area contributed by atoms with Crippen molar-refractivity contribution in [3.05, 3.63) is 35.4 Å². The summed E-state index contributed by atoms with van der Waals surface area (Å²) in [6.07, 6.45) is 3.15. The summed E-state index contributed by atoms with van der Waals surface area (Å²) >= 11 is 0. The van der Waals surface area contributed by atoms with Crippen LogP contribution in [-0.4, -0.2) is 28.0 Å². The molecular weight excluding hydrogens is 340 g/mol. The first-order valence-corrected chi connectivity index (χ1v) is 12.2. The Morgan fingerprint density at radius 1 is 0.923 bits per heavy atom. The van der Waals surface area contributed by atoms with Crippen LogP contribution in [0.3, 0.4) is 0 Å². The van der Waals surface area contributed by atoms with Gasteiger partial charge in [0.25, 0.3) is 0 Å². The molecule has 0 saturated carbocycles. The third-order valence-corrected chi connectivity index (χ3v) is 11.7. The fourth-order valence-electron chi connectivity index (χ4n) is 4.41. The number of carbonyl (C=O) groups excluding carboxylic acids is 1. The second kappa shape index (κ2) is 10.9. The zero-order valence-electron chi connectivity index (χ0n) is 17.8. The molecule has 0 aliphatic heterocycles. The summed E-state index contributed by atoms with van der Waals surface area (Å²) in [4.78, 5) is 11.3. The topological polar surface area (TPSA) is 35.5 Å². The molecule has 1 rings (SSSR count). The van der Waals surface area contributed by atoms with Crippen LogP contribution in [0.2, 0.25) is 16.6 Å². The van der Waals surface area contributed by atoms with Crippen molar-refractivity contribution < 1.29 is 14.0 Å². The number of methoxy groups -OCH3 is 1. The number of aryl methyl sites for hydroxylation is 1. The van der Waals surface area contributed by atoms with Gasteiger partial charge in [0, 0.05) is 13.0 Å². The fourth-order valence-corrected chi connectivity index (χ4v) is 9.86. The molecule has 0 aromatic heterocycles. The lowest BCUT2D eigenvalue weighted by molar-refractivity contribution is -0.140. The molecule has 0 saturated heterocycles. The molecule has 1 aromatic rings. The van der Waals surface area contributed by atoms with Crippen LogP contribution in [0.5, 0.6) is 0 Å². The second-order valence-corrected chi connectivity index (χ2v) is 13.6. The standard InChI is InChI=1S/C22H38O3Si/c1-17(2)26(18(3)4,19(5)6)25-16-15-21-12-9-8-11-20(21)13-10-14-22(23)24-7/h8-9,11-12,17-19H,10,13-16H2,1-7H3. The number of rotatable bonds is 11. The van der Waals surface area contributed by atoms with Crippen molar-refractivity contribution in [2.75, 3.05) is 13.7 Å². The molecule has 0 amide bonds. The first-order valence-electron chi connectivity index (χ1n) is 10.0. The van der Waals surface area contributed by atoms with Crippen LogP contribution in [-0.2, 0) is 26.8 Å². The van der Waals surface area contributed by atoms with Crippen molar-refractivity contribution in [2.45, 2.75) is 83.8 Å². The Labute approximate surface area is 161 Å². The normalized spacial score (nSPS) is 12.2. The lowest BCUT2D eigenvalue weighted by Crippen LogP contribution is -2.48. The number of hydrogen-bond donors (Lipinski definition) is 0. The van der Waals surface area contributed by atoms with E-state index >= 15 is 0 Å². The van der Waals surface area contributed by atoms with Gasteiger partial charge in [-0.2, -0.15) is 0 Å². The predicted molar refractivity (Wildman–Crippen MR) is 112 cm³/mol. The number of hydrogen-bond acceptors (Lipinski definition) is 3. The van der Waals surface area contributed by atoms with Crippen molar-refractivity contribution in [1.82, 2.24) is 0 Å². The molecule has 0 spiro atoms. The van der Waals surface area contributed by atoms with Gasteiger partial charge in [-0.3, -0.25) is 4.79 Å². The maximum atomic E-state index is 11.3. The van der Waals surface area contributed by atoms with Gasteiger partial charge in [-0.25, -0.2) is 0 Å². The summed E-state index contributed by atoms with van der Waals surface area (Å²) < 4.78 is 11.4. The van der Waals surface area contributed by atoms with Gasteiger partial charge in [0.2, 0.25) is 0 Å². The smallest absolute Gasteiger partial charge is 0.305 e. The monoisotopic (exact) mass is 378 g/mol. The Balaban J connectivity index is 2.73. The summed E-state index contributed by atoms with van der Waals surface area (Å²) in [6.45, 7) is 14.7. The highest BCUT2D eigenvalue weighted by Crippen LogP contribution is 2.42. The average molecular weight is 379 g/mol. The van der Waals surface area contributed by atoms with Gasteiger partial charge in [0.1, 0.15) is 0 Å². The summed E-state index contributed by atoms with van der Waals surface area (Å²) in [5.74, 6) is -0.132. The SMILES string of the molecule is COC(=O)CCCc1ccccc1CCO[Si](C(C)C)(C(C)C)C(C)C. The van der Waals surface area contributed by atoms with Gasteiger partial charge in [0.05, 0.1) is 7.11 Å². The number of ether oxygens (including phenoxy) is 1. The summed E-state index contributed by atoms with van der Waals surface area (Å²) in [5.41, 5.74) is 4.50. The highest BCUT2D eigenvalue weighted by molar-refractivity contribution is 6.77. The van der Waals surface area contributed by atoms with E-state index in [2.05, 4.69) is 65.8 Å². The van der Waals surface area contributed by atoms with Crippen LogP contribution >= 0.6 is 0 Å². The zero-order valence-corrected chi connectivity index (χ0v) is 18.8. The molecule has 0 aliphatic carbocycles. The average Bonchev–Trinajstić information content (AvgIpc) is 2.58. The minimum absolute atomic E-state index is 0.132. The van der Waals surface area contributed by atoms with Crippen LogP contribution in [0.15, 0.2) is 24.3 Å². The highest BCUT2D eigenvalue weighted by atomic mass is 28.4. The van der Waals surface area contributed by atoms with Crippen molar-refractivity contribution in [3.63, 3.8) is 0 Å². The first kappa shape index (κ1) is 22.9. The number of carbonyl (C=O) groups is 1. The second-order valence-electron chi connectivity index (χ2n) is 8.11. The Morgan fingerprint density at radius 3 is 1.88 bits per heavy atom. The molecule has 26 heavy (non-hydrogen) atoms. The van der Waals surface area contributed by atoms with E-state index in [9.17, 15) is 4.79 Å². The minimum atomic E-state index is -1.81. The van der Waals surface area contributed by atoms with E-state index < -0.39 is 8.32 Å². The maximum Gasteiger partial charge on any atom is 0.305 e. The van der Waals surface area contributed by atoms with Gasteiger partial charge < -0.3 is 9.16 Å². The third-order valence-electron chi connectivity index (χ3n) is 5.60. The Morgan fingerprint density at radius 2 is 1.42 bits per heavy atom. The predicted octanol–water partition coefficient (Wildman–Crippen LogP) is 5.92. The molecular formula is C22H38O3Si. The van der Waals surface area contributed by atoms with E-state index in [0.717, 1.165) is 25.9 Å². The molecule has 0 atom stereocenters. The molecule has 0 N–H and O–H groups in total. The molecule has 148 valence electrons. The van der Waals surface area contributed by atoms with Crippen LogP contribution < -0.4 is 0 Å². The Kier molecular flexibility index (Phi) is 9.59. The van der Waals surface area contributed by atoms with E-state index in [0.29, 0.717) is 23.0 Å². The molecule has 4 heteroatoms. The van der Waals surface area contributed by atoms with E-state index in [1.165, 1.54) is 18.2 Å². The van der Waals surface area contributed by atoms with Crippen LogP contribution in [0, 0.1) is 0 Å². The van der Waals surface area contributed by atoms with Crippen molar-refractivity contribution >= 4 is 14.3 Å². The number of benzene rings is 1. The van der Waals surface area contributed by atoms with Gasteiger partial charge >= 0.3 is 5.97 Å². The van der Waals surface area contributed by atoms with Gasteiger partial charge in [-0.15, -0.1) is 0 Å². The molecule has 0 bridgehead atoms. The van der Waals surface area contributed by atoms with Crippen molar-refractivity contribution in [1.29, 1.82) is 0 Å². The number of esters is 1. The molecule has 0 heterocycles.